The first-order valence-corrected chi connectivity index (χ1v) is 11.6. The number of benzene rings is 1. The number of aliphatic carboxylic acids is 1. The summed E-state index contributed by atoms with van der Waals surface area (Å²) < 4.78 is 55.0. The van der Waals surface area contributed by atoms with Crippen molar-refractivity contribution >= 4 is 27.3 Å². The van der Waals surface area contributed by atoms with Gasteiger partial charge in [-0.1, -0.05) is 37.3 Å². The van der Waals surface area contributed by atoms with Crippen LogP contribution in [0.4, 0.5) is 8.78 Å². The molecule has 164 valence electrons. The minimum absolute atomic E-state index is 0. The molecule has 0 radical (unpaired) electrons. The zero-order chi connectivity index (χ0) is 22.6. The maximum absolute atomic E-state index is 13.4. The molecule has 2 aromatic heterocycles. The Balaban J connectivity index is 0.00000289. The third-order valence-corrected chi connectivity index (χ3v) is 8.63. The first-order valence-electron chi connectivity index (χ1n) is 9.31. The van der Waals surface area contributed by atoms with E-state index in [9.17, 15) is 27.1 Å². The van der Waals surface area contributed by atoms with E-state index in [1.807, 2.05) is 0 Å². The number of nitrogens with zero attached hydrogens (tertiary/aromatic N) is 1. The smallest absolute Gasteiger partial charge is 0.548 e. The number of aromatic amines is 1. The van der Waals surface area contributed by atoms with E-state index in [-0.39, 0.29) is 39.5 Å². The van der Waals surface area contributed by atoms with E-state index >= 15 is 0 Å². The van der Waals surface area contributed by atoms with E-state index in [4.69, 9.17) is 0 Å². The van der Waals surface area contributed by atoms with Crippen LogP contribution in [0.25, 0.3) is 10.6 Å². The summed E-state index contributed by atoms with van der Waals surface area (Å²) in [4.78, 5) is 12.3. The minimum atomic E-state index is -4.22. The molecule has 2 N–H and O–H groups in total. The third-order valence-electron chi connectivity index (χ3n) is 5.55. The number of aromatic nitrogens is 2. The number of rotatable bonds is 7. The van der Waals surface area contributed by atoms with Gasteiger partial charge in [0.1, 0.15) is 15.6 Å². The Labute approximate surface area is 209 Å². The van der Waals surface area contributed by atoms with Gasteiger partial charge in [0.25, 0.3) is 15.9 Å². The maximum Gasteiger partial charge on any atom is 1.00 e. The number of carboxylic acids is 1. The van der Waals surface area contributed by atoms with Crippen LogP contribution < -0.4 is 39.4 Å². The first-order chi connectivity index (χ1) is 14.5. The predicted molar refractivity (Wildman–Crippen MR) is 108 cm³/mol. The van der Waals surface area contributed by atoms with Crippen molar-refractivity contribution in [1.82, 2.24) is 14.9 Å². The fraction of sp³-hybridized carbons (Fsp3) is 0.300. The summed E-state index contributed by atoms with van der Waals surface area (Å²) in [6.45, 7) is 2.36. The van der Waals surface area contributed by atoms with Crippen LogP contribution in [0.2, 0.25) is 0 Å². The molecule has 12 heteroatoms. The van der Waals surface area contributed by atoms with E-state index in [0.717, 1.165) is 24.3 Å². The largest absolute Gasteiger partial charge is 1.00 e. The van der Waals surface area contributed by atoms with Gasteiger partial charge in [0.05, 0.1) is 16.4 Å². The summed E-state index contributed by atoms with van der Waals surface area (Å²) >= 11 is 0.804. The second-order valence-electron chi connectivity index (χ2n) is 7.61. The molecule has 0 spiro atoms. The van der Waals surface area contributed by atoms with Crippen LogP contribution in [-0.4, -0.2) is 30.1 Å². The van der Waals surface area contributed by atoms with Crippen LogP contribution >= 0.6 is 11.3 Å². The Kier molecular flexibility index (Phi) is 6.73. The Morgan fingerprint density at radius 1 is 1.25 bits per heavy atom. The second-order valence-corrected chi connectivity index (χ2v) is 10.6. The molecule has 4 rings (SSSR count). The quantitative estimate of drug-likeness (QED) is 0.433. The summed E-state index contributed by atoms with van der Waals surface area (Å²) in [7, 11) is -4.22. The molecule has 0 bridgehead atoms. The summed E-state index contributed by atoms with van der Waals surface area (Å²) in [6, 6.07) is 12.6. The van der Waals surface area contributed by atoms with Crippen LogP contribution in [0.3, 0.4) is 0 Å². The first kappa shape index (κ1) is 25.0. The number of hydrogen-bond donors (Lipinski definition) is 2. The number of carbonyl (C=O) groups excluding carboxylic acids is 1. The Bertz CT molecular complexity index is 1240. The van der Waals surface area contributed by atoms with Crippen molar-refractivity contribution < 1.29 is 56.7 Å². The number of hydrogen-bond acceptors (Lipinski definition) is 6. The molecule has 1 aromatic carbocycles. The van der Waals surface area contributed by atoms with E-state index in [1.54, 1.807) is 37.3 Å². The van der Waals surface area contributed by atoms with Crippen molar-refractivity contribution in [3.05, 3.63) is 59.8 Å². The topological polar surface area (TPSA) is 115 Å². The number of alkyl halides is 2. The zero-order valence-corrected chi connectivity index (χ0v) is 21.1. The molecule has 1 saturated carbocycles. The van der Waals surface area contributed by atoms with Gasteiger partial charge in [-0.15, -0.1) is 11.3 Å². The molecule has 0 aliphatic heterocycles. The van der Waals surface area contributed by atoms with E-state index < -0.39 is 45.0 Å². The van der Waals surface area contributed by atoms with Gasteiger partial charge in [0, 0.05) is 12.8 Å². The number of H-pyrrole nitrogens is 1. The summed E-state index contributed by atoms with van der Waals surface area (Å²) in [5.74, 6) is -5.71. The SMILES string of the molecule is CC1[C@H](c2ccccc2)[C@]1(NS(=O)(=O)c1ccc(-c2cc(C(C)(F)F)[nH]n2)s1)C(=O)[O-].[Na+]. The van der Waals surface area contributed by atoms with Crippen molar-refractivity contribution in [3.63, 3.8) is 0 Å². The molecule has 32 heavy (non-hydrogen) atoms. The molecule has 7 nitrogen and oxygen atoms in total. The molecule has 1 aliphatic rings. The van der Waals surface area contributed by atoms with Crippen LogP contribution in [0, 0.1) is 5.92 Å². The van der Waals surface area contributed by atoms with Gasteiger partial charge in [-0.25, -0.2) is 8.42 Å². The number of sulfonamides is 1. The normalized spacial score (nSPS) is 22.9. The number of carboxylic acid groups (broad SMARTS) is 1. The molecule has 3 aromatic rings. The van der Waals surface area contributed by atoms with Crippen molar-refractivity contribution in [2.75, 3.05) is 0 Å². The Hall–Kier alpha value is -1.63. The second kappa shape index (κ2) is 8.62. The minimum Gasteiger partial charge on any atom is -0.548 e. The van der Waals surface area contributed by atoms with Crippen molar-refractivity contribution in [2.24, 2.45) is 5.92 Å². The molecule has 3 atom stereocenters. The van der Waals surface area contributed by atoms with Crippen molar-refractivity contribution in [2.45, 2.75) is 35.4 Å². The molecule has 1 fully saturated rings. The maximum atomic E-state index is 13.4. The third kappa shape index (κ3) is 4.29. The molecule has 1 unspecified atom stereocenters. The molecular weight excluding hydrogens is 471 g/mol. The Morgan fingerprint density at radius 2 is 1.91 bits per heavy atom. The summed E-state index contributed by atoms with van der Waals surface area (Å²) in [6.07, 6.45) is 0. The van der Waals surface area contributed by atoms with Crippen LogP contribution in [0.5, 0.6) is 0 Å². The van der Waals surface area contributed by atoms with Gasteiger partial charge in [0.2, 0.25) is 0 Å². The fourth-order valence-corrected chi connectivity index (χ4v) is 6.55. The van der Waals surface area contributed by atoms with Crippen molar-refractivity contribution in [3.8, 4) is 10.6 Å². The number of thiophene rings is 1. The van der Waals surface area contributed by atoms with Crippen LogP contribution in [-0.2, 0) is 20.7 Å². The number of nitrogens with one attached hydrogen (secondary N) is 2. The van der Waals surface area contributed by atoms with Crippen LogP contribution in [0.15, 0.2) is 52.7 Å². The van der Waals surface area contributed by atoms with E-state index in [0.29, 0.717) is 10.4 Å². The molecule has 2 heterocycles. The summed E-state index contributed by atoms with van der Waals surface area (Å²) in [5.41, 5.74) is -1.31. The van der Waals surface area contributed by atoms with Gasteiger partial charge in [-0.3, -0.25) is 5.10 Å². The average Bonchev–Trinajstić information content (AvgIpc) is 3.13. The van der Waals surface area contributed by atoms with Gasteiger partial charge >= 0.3 is 29.6 Å². The predicted octanol–water partition coefficient (Wildman–Crippen LogP) is -0.546. The fourth-order valence-electron chi connectivity index (χ4n) is 3.83. The number of carbonyl (C=O) groups is 1. The Morgan fingerprint density at radius 3 is 2.47 bits per heavy atom. The average molecular weight is 490 g/mol. The molecular formula is C20H18F2N3NaO4S2. The summed E-state index contributed by atoms with van der Waals surface area (Å²) in [5, 5.41) is 18.0. The van der Waals surface area contributed by atoms with Gasteiger partial charge in [-0.05, 0) is 29.7 Å². The zero-order valence-electron chi connectivity index (χ0n) is 17.4. The van der Waals surface area contributed by atoms with E-state index in [2.05, 4.69) is 14.9 Å². The standard InChI is InChI=1S/C20H19F2N3O4S2.Na/c1-11-17(12-6-4-3-5-7-12)20(11,18(26)27)25-31(28,29)16-9-8-14(30-16)13-10-15(24-23-13)19(2,21)22;/h3-11,17,25H,1-2H3,(H,23,24)(H,26,27);/q;+1/p-1/t11?,17-,20+;/m1./s1. The monoisotopic (exact) mass is 489 g/mol. The van der Waals surface area contributed by atoms with Gasteiger partial charge in [-0.2, -0.15) is 18.6 Å². The van der Waals surface area contributed by atoms with E-state index in [1.165, 1.54) is 12.1 Å². The van der Waals surface area contributed by atoms with Crippen molar-refractivity contribution in [1.29, 1.82) is 0 Å². The number of halogens is 2. The molecule has 0 amide bonds. The molecule has 0 saturated heterocycles. The van der Waals surface area contributed by atoms with Gasteiger partial charge in [0.15, 0.2) is 0 Å². The van der Waals surface area contributed by atoms with Gasteiger partial charge < -0.3 is 9.90 Å². The van der Waals surface area contributed by atoms with Crippen LogP contribution in [0.1, 0.15) is 31.0 Å². The molecule has 1 aliphatic carbocycles.